The average Bonchev–Trinajstić information content (AvgIpc) is 2.19. The Balaban J connectivity index is 2.32. The van der Waals surface area contributed by atoms with E-state index in [9.17, 15) is 18.0 Å². The summed E-state index contributed by atoms with van der Waals surface area (Å²) >= 11 is 5.46. The van der Waals surface area contributed by atoms with Crippen LogP contribution < -0.4 is 10.6 Å². The van der Waals surface area contributed by atoms with Gasteiger partial charge < -0.3 is 10.6 Å². The van der Waals surface area contributed by atoms with Crippen LogP contribution in [-0.2, 0) is 4.79 Å². The Morgan fingerprint density at radius 1 is 1.35 bits per heavy atom. The van der Waals surface area contributed by atoms with Crippen LogP contribution in [0.15, 0.2) is 12.1 Å². The van der Waals surface area contributed by atoms with E-state index < -0.39 is 25.2 Å². The summed E-state index contributed by atoms with van der Waals surface area (Å²) < 4.78 is 35.2. The maximum Gasteiger partial charge on any atom is 0.401 e. The van der Waals surface area contributed by atoms with Gasteiger partial charge >= 0.3 is 6.18 Å². The fourth-order valence-electron chi connectivity index (χ4n) is 0.887. The third kappa shape index (κ3) is 6.03. The number of carbonyl (C=O) groups excluding carboxylic acids is 1. The SMILES string of the molecule is O=C(CNCC(F)(F)F)Nc1ccc(Cl)nn1. The maximum absolute atomic E-state index is 11.7. The van der Waals surface area contributed by atoms with Crippen LogP contribution in [0.5, 0.6) is 0 Å². The molecule has 1 aromatic rings. The number of alkyl halides is 3. The second-order valence-electron chi connectivity index (χ2n) is 3.01. The minimum Gasteiger partial charge on any atom is -0.308 e. The van der Waals surface area contributed by atoms with E-state index >= 15 is 0 Å². The molecule has 1 aromatic heterocycles. The lowest BCUT2D eigenvalue weighted by molar-refractivity contribution is -0.126. The van der Waals surface area contributed by atoms with Crippen molar-refractivity contribution in [3.05, 3.63) is 17.3 Å². The summed E-state index contributed by atoms with van der Waals surface area (Å²) in [5.41, 5.74) is 0. The van der Waals surface area contributed by atoms with Gasteiger partial charge in [-0.2, -0.15) is 13.2 Å². The molecule has 0 spiro atoms. The maximum atomic E-state index is 11.7. The van der Waals surface area contributed by atoms with Crippen molar-refractivity contribution in [2.45, 2.75) is 6.18 Å². The molecule has 0 aliphatic carbocycles. The van der Waals surface area contributed by atoms with E-state index in [1.807, 2.05) is 5.32 Å². The molecule has 0 unspecified atom stereocenters. The van der Waals surface area contributed by atoms with Gasteiger partial charge in [0.1, 0.15) is 0 Å². The van der Waals surface area contributed by atoms with E-state index in [4.69, 9.17) is 11.6 Å². The fourth-order valence-corrected chi connectivity index (χ4v) is 0.988. The summed E-state index contributed by atoms with van der Waals surface area (Å²) in [4.78, 5) is 11.1. The molecule has 0 radical (unpaired) electrons. The van der Waals surface area contributed by atoms with Crippen molar-refractivity contribution in [3.8, 4) is 0 Å². The fraction of sp³-hybridized carbons (Fsp3) is 0.375. The van der Waals surface area contributed by atoms with E-state index in [1.54, 1.807) is 0 Å². The lowest BCUT2D eigenvalue weighted by Crippen LogP contribution is -2.35. The van der Waals surface area contributed by atoms with Crippen LogP contribution in [0.25, 0.3) is 0 Å². The van der Waals surface area contributed by atoms with Crippen molar-refractivity contribution in [3.63, 3.8) is 0 Å². The highest BCUT2D eigenvalue weighted by molar-refractivity contribution is 6.29. The van der Waals surface area contributed by atoms with Crippen molar-refractivity contribution in [1.29, 1.82) is 0 Å². The minimum absolute atomic E-state index is 0.119. The summed E-state index contributed by atoms with van der Waals surface area (Å²) in [5.74, 6) is -0.529. The molecule has 0 aliphatic heterocycles. The molecule has 94 valence electrons. The molecule has 0 bridgehead atoms. The number of hydrogen-bond donors (Lipinski definition) is 2. The summed E-state index contributed by atoms with van der Waals surface area (Å²) in [6.07, 6.45) is -4.35. The molecule has 0 aliphatic rings. The van der Waals surface area contributed by atoms with Crippen LogP contribution in [0.1, 0.15) is 0 Å². The summed E-state index contributed by atoms with van der Waals surface area (Å²) in [6.45, 7) is -1.70. The molecule has 0 saturated heterocycles. The average molecular weight is 269 g/mol. The number of anilines is 1. The molecule has 0 aromatic carbocycles. The number of rotatable bonds is 4. The van der Waals surface area contributed by atoms with Gasteiger partial charge in [-0.15, -0.1) is 10.2 Å². The number of nitrogens with zero attached hydrogens (tertiary/aromatic N) is 2. The molecule has 1 rings (SSSR count). The molecule has 0 fully saturated rings. The van der Waals surface area contributed by atoms with Gasteiger partial charge in [-0.3, -0.25) is 4.79 Å². The third-order valence-electron chi connectivity index (χ3n) is 1.51. The Morgan fingerprint density at radius 2 is 2.06 bits per heavy atom. The van der Waals surface area contributed by atoms with Gasteiger partial charge in [-0.05, 0) is 12.1 Å². The van der Waals surface area contributed by atoms with Crippen LogP contribution in [0, 0.1) is 0 Å². The largest absolute Gasteiger partial charge is 0.401 e. The van der Waals surface area contributed by atoms with Crippen molar-refractivity contribution in [1.82, 2.24) is 15.5 Å². The number of halogens is 4. The second-order valence-corrected chi connectivity index (χ2v) is 3.40. The minimum atomic E-state index is -4.35. The predicted molar refractivity (Wildman–Crippen MR) is 54.6 cm³/mol. The number of hydrogen-bond acceptors (Lipinski definition) is 4. The smallest absolute Gasteiger partial charge is 0.308 e. The Bertz CT molecular complexity index is 381. The van der Waals surface area contributed by atoms with Gasteiger partial charge in [0.15, 0.2) is 11.0 Å². The topological polar surface area (TPSA) is 66.9 Å². The van der Waals surface area contributed by atoms with Gasteiger partial charge in [-0.25, -0.2) is 0 Å². The zero-order chi connectivity index (χ0) is 12.9. The molecule has 9 heteroatoms. The second kappa shape index (κ2) is 5.78. The Labute approximate surface area is 99.4 Å². The summed E-state index contributed by atoms with van der Waals surface area (Å²) in [6, 6.07) is 2.78. The van der Waals surface area contributed by atoms with Gasteiger partial charge in [0.05, 0.1) is 13.1 Å². The van der Waals surface area contributed by atoms with Crippen molar-refractivity contribution >= 4 is 23.3 Å². The number of carbonyl (C=O) groups is 1. The molecule has 17 heavy (non-hydrogen) atoms. The standard InChI is InChI=1S/C8H8ClF3N4O/c9-5-1-2-6(16-15-5)14-7(17)3-13-4-8(10,11)12/h1-2,13H,3-4H2,(H,14,16,17). The zero-order valence-corrected chi connectivity index (χ0v) is 9.14. The van der Waals surface area contributed by atoms with Gasteiger partial charge in [0, 0.05) is 0 Å². The number of aromatic nitrogens is 2. The Hall–Kier alpha value is -1.41. The van der Waals surface area contributed by atoms with Crippen LogP contribution in [-0.4, -0.2) is 35.4 Å². The Morgan fingerprint density at radius 3 is 2.59 bits per heavy atom. The van der Waals surface area contributed by atoms with E-state index in [-0.39, 0.29) is 11.0 Å². The van der Waals surface area contributed by atoms with Crippen LogP contribution in [0.4, 0.5) is 19.0 Å². The quantitative estimate of drug-likeness (QED) is 0.862. The predicted octanol–water partition coefficient (Wildman–Crippen LogP) is 1.22. The first kappa shape index (κ1) is 13.7. The highest BCUT2D eigenvalue weighted by Gasteiger charge is 2.26. The van der Waals surface area contributed by atoms with Crippen molar-refractivity contribution < 1.29 is 18.0 Å². The molecule has 2 N–H and O–H groups in total. The van der Waals surface area contributed by atoms with E-state index in [0.29, 0.717) is 0 Å². The first-order valence-electron chi connectivity index (χ1n) is 4.43. The molecular weight excluding hydrogens is 261 g/mol. The van der Waals surface area contributed by atoms with Crippen LogP contribution in [0.3, 0.4) is 0 Å². The highest BCUT2D eigenvalue weighted by atomic mass is 35.5. The Kier molecular flexibility index (Phi) is 4.64. The van der Waals surface area contributed by atoms with Gasteiger partial charge in [0.25, 0.3) is 0 Å². The molecule has 0 saturated carbocycles. The molecule has 5 nitrogen and oxygen atoms in total. The zero-order valence-electron chi connectivity index (χ0n) is 8.38. The normalized spacial score (nSPS) is 11.3. The van der Waals surface area contributed by atoms with Gasteiger partial charge in [-0.1, -0.05) is 11.6 Å². The summed E-state index contributed by atoms with van der Waals surface area (Å²) in [7, 11) is 0. The number of nitrogens with one attached hydrogen (secondary N) is 2. The monoisotopic (exact) mass is 268 g/mol. The highest BCUT2D eigenvalue weighted by Crippen LogP contribution is 2.11. The number of amides is 1. The van der Waals surface area contributed by atoms with Crippen molar-refractivity contribution in [2.75, 3.05) is 18.4 Å². The summed E-state index contributed by atoms with van der Waals surface area (Å²) in [5, 5.41) is 11.3. The van der Waals surface area contributed by atoms with Crippen molar-refractivity contribution in [2.24, 2.45) is 0 Å². The lowest BCUT2D eigenvalue weighted by Gasteiger charge is -2.08. The van der Waals surface area contributed by atoms with Gasteiger partial charge in [0.2, 0.25) is 5.91 Å². The van der Waals surface area contributed by atoms with E-state index in [2.05, 4.69) is 15.5 Å². The molecular formula is C8H8ClF3N4O. The molecule has 0 atom stereocenters. The van der Waals surface area contributed by atoms with E-state index in [0.717, 1.165) is 0 Å². The van der Waals surface area contributed by atoms with Crippen LogP contribution in [0.2, 0.25) is 5.15 Å². The molecule has 1 heterocycles. The first-order chi connectivity index (χ1) is 7.87. The van der Waals surface area contributed by atoms with Crippen LogP contribution >= 0.6 is 11.6 Å². The first-order valence-corrected chi connectivity index (χ1v) is 4.81. The third-order valence-corrected chi connectivity index (χ3v) is 1.71. The lowest BCUT2D eigenvalue weighted by atomic mass is 10.5. The molecule has 1 amide bonds. The van der Waals surface area contributed by atoms with E-state index in [1.165, 1.54) is 12.1 Å².